The molecule has 3 aromatic carbocycles. The van der Waals surface area contributed by atoms with Gasteiger partial charge in [-0.3, -0.25) is 4.90 Å². The molecule has 0 amide bonds. The molecule has 1 saturated heterocycles. The molecule has 1 aliphatic heterocycles. The van der Waals surface area contributed by atoms with Crippen LogP contribution in [0.3, 0.4) is 0 Å². The third-order valence-electron chi connectivity index (χ3n) is 5.99. The van der Waals surface area contributed by atoms with Crippen LogP contribution >= 0.6 is 11.3 Å². The van der Waals surface area contributed by atoms with E-state index in [1.54, 1.807) is 17.6 Å². The van der Waals surface area contributed by atoms with Crippen molar-refractivity contribution in [3.63, 3.8) is 0 Å². The lowest BCUT2D eigenvalue weighted by atomic mass is 9.97. The highest BCUT2D eigenvalue weighted by atomic mass is 32.2. The molecule has 0 radical (unpaired) electrons. The molecule has 158 valence electrons. The van der Waals surface area contributed by atoms with Gasteiger partial charge in [0.05, 0.1) is 4.90 Å². The summed E-state index contributed by atoms with van der Waals surface area (Å²) in [5, 5.41) is 4.54. The highest BCUT2D eigenvalue weighted by Crippen LogP contribution is 2.37. The summed E-state index contributed by atoms with van der Waals surface area (Å²) in [6.07, 6.45) is 3.94. The smallest absolute Gasteiger partial charge is 0.184 e. The summed E-state index contributed by atoms with van der Waals surface area (Å²) in [6, 6.07) is 22.7. The molecule has 1 aliphatic rings. The van der Waals surface area contributed by atoms with E-state index in [9.17, 15) is 8.42 Å². The Morgan fingerprint density at radius 2 is 1.90 bits per heavy atom. The standard InChI is InChI=1S/C25H24N2O2S2/c28-31(29,18-25-26-13-15-30-25)21-11-12-22-20(16-21)8-4-9-23(22)24-10-5-14-27(24)17-19-6-2-1-3-7-19/h1-4,6-9,11-13,15-16,24H,5,10,14,17-18H2. The van der Waals surface area contributed by atoms with Crippen molar-refractivity contribution in [2.75, 3.05) is 6.54 Å². The first-order valence-electron chi connectivity index (χ1n) is 10.5. The minimum absolute atomic E-state index is 0.0522. The van der Waals surface area contributed by atoms with Gasteiger partial charge in [0.25, 0.3) is 0 Å². The molecular weight excluding hydrogens is 424 g/mol. The number of benzene rings is 3. The minimum Gasteiger partial charge on any atom is -0.292 e. The Kier molecular flexibility index (Phi) is 5.61. The Hall–Kier alpha value is -2.54. The van der Waals surface area contributed by atoms with Gasteiger partial charge in [0.15, 0.2) is 9.84 Å². The average Bonchev–Trinajstić information content (AvgIpc) is 3.45. The highest BCUT2D eigenvalue weighted by Gasteiger charge is 2.27. The fourth-order valence-electron chi connectivity index (χ4n) is 4.53. The summed E-state index contributed by atoms with van der Waals surface area (Å²) in [5.41, 5.74) is 2.61. The largest absolute Gasteiger partial charge is 0.292 e. The first kappa shape index (κ1) is 20.4. The molecule has 5 rings (SSSR count). The van der Waals surface area contributed by atoms with Crippen molar-refractivity contribution in [2.24, 2.45) is 0 Å². The fourth-order valence-corrected chi connectivity index (χ4v) is 6.81. The van der Waals surface area contributed by atoms with Crippen LogP contribution in [0, 0.1) is 0 Å². The maximum Gasteiger partial charge on any atom is 0.184 e. The molecule has 0 bridgehead atoms. The molecular formula is C25H24N2O2S2. The SMILES string of the molecule is O=S(=O)(Cc1nccs1)c1ccc2c(C3CCCN3Cc3ccccc3)cccc2c1. The Morgan fingerprint density at radius 1 is 1.03 bits per heavy atom. The number of thiazole rings is 1. The summed E-state index contributed by atoms with van der Waals surface area (Å²) in [5.74, 6) is -0.0522. The number of sulfone groups is 1. The van der Waals surface area contributed by atoms with Gasteiger partial charge in [-0.2, -0.15) is 0 Å². The maximum absolute atomic E-state index is 12.9. The molecule has 4 nitrogen and oxygen atoms in total. The first-order valence-corrected chi connectivity index (χ1v) is 13.1. The lowest BCUT2D eigenvalue weighted by molar-refractivity contribution is 0.250. The molecule has 1 fully saturated rings. The lowest BCUT2D eigenvalue weighted by Gasteiger charge is -2.26. The fraction of sp³-hybridized carbons (Fsp3) is 0.240. The van der Waals surface area contributed by atoms with Crippen molar-refractivity contribution in [1.82, 2.24) is 9.88 Å². The second kappa shape index (κ2) is 8.54. The molecule has 31 heavy (non-hydrogen) atoms. The Bertz CT molecular complexity index is 1290. The summed E-state index contributed by atoms with van der Waals surface area (Å²) in [6.45, 7) is 2.01. The van der Waals surface area contributed by atoms with Crippen LogP contribution in [0.1, 0.15) is 35.0 Å². The third-order valence-corrected chi connectivity index (χ3v) is 8.58. The maximum atomic E-state index is 12.9. The number of aromatic nitrogens is 1. The number of rotatable bonds is 6. The van der Waals surface area contributed by atoms with E-state index in [2.05, 4.69) is 46.3 Å². The van der Waals surface area contributed by atoms with Gasteiger partial charge < -0.3 is 0 Å². The Labute approximate surface area is 187 Å². The van der Waals surface area contributed by atoms with Crippen molar-refractivity contribution in [1.29, 1.82) is 0 Å². The quantitative estimate of drug-likeness (QED) is 0.385. The molecule has 2 heterocycles. The number of likely N-dealkylation sites (tertiary alicyclic amines) is 1. The van der Waals surface area contributed by atoms with Gasteiger partial charge in [-0.05, 0) is 53.4 Å². The van der Waals surface area contributed by atoms with Crippen LogP contribution in [-0.4, -0.2) is 24.8 Å². The van der Waals surface area contributed by atoms with Gasteiger partial charge in [0, 0.05) is 24.2 Å². The van der Waals surface area contributed by atoms with E-state index in [0.29, 0.717) is 15.9 Å². The predicted molar refractivity (Wildman–Crippen MR) is 126 cm³/mol. The van der Waals surface area contributed by atoms with Gasteiger partial charge in [-0.25, -0.2) is 13.4 Å². The van der Waals surface area contributed by atoms with E-state index in [1.807, 2.05) is 24.3 Å². The van der Waals surface area contributed by atoms with Crippen LogP contribution < -0.4 is 0 Å². The number of fused-ring (bicyclic) bond motifs is 1. The van der Waals surface area contributed by atoms with E-state index < -0.39 is 9.84 Å². The molecule has 1 atom stereocenters. The predicted octanol–water partition coefficient (Wildman–Crippen LogP) is 5.61. The van der Waals surface area contributed by atoms with Gasteiger partial charge >= 0.3 is 0 Å². The van der Waals surface area contributed by atoms with Crippen LogP contribution in [0.5, 0.6) is 0 Å². The van der Waals surface area contributed by atoms with Crippen molar-refractivity contribution in [3.05, 3.63) is 94.4 Å². The monoisotopic (exact) mass is 448 g/mol. The summed E-state index contributed by atoms with van der Waals surface area (Å²) < 4.78 is 25.8. The first-order chi connectivity index (χ1) is 15.1. The molecule has 0 aliphatic carbocycles. The lowest BCUT2D eigenvalue weighted by Crippen LogP contribution is -2.22. The molecule has 1 aromatic heterocycles. The van der Waals surface area contributed by atoms with Crippen molar-refractivity contribution in [2.45, 2.75) is 36.1 Å². The molecule has 4 aromatic rings. The summed E-state index contributed by atoms with van der Waals surface area (Å²) >= 11 is 1.37. The zero-order chi connectivity index (χ0) is 21.3. The molecule has 0 spiro atoms. The van der Waals surface area contributed by atoms with Crippen molar-refractivity contribution in [3.8, 4) is 0 Å². The van der Waals surface area contributed by atoms with Crippen LogP contribution in [0.25, 0.3) is 10.8 Å². The van der Waals surface area contributed by atoms with Gasteiger partial charge in [-0.15, -0.1) is 11.3 Å². The summed E-state index contributed by atoms with van der Waals surface area (Å²) in [7, 11) is -3.42. The van der Waals surface area contributed by atoms with E-state index in [1.165, 1.54) is 28.9 Å². The van der Waals surface area contributed by atoms with E-state index in [4.69, 9.17) is 0 Å². The highest BCUT2D eigenvalue weighted by molar-refractivity contribution is 7.90. The van der Waals surface area contributed by atoms with Crippen LogP contribution in [0.2, 0.25) is 0 Å². The molecule has 0 saturated carbocycles. The van der Waals surface area contributed by atoms with Crippen LogP contribution in [-0.2, 0) is 22.1 Å². The average molecular weight is 449 g/mol. The number of hydrogen-bond acceptors (Lipinski definition) is 5. The Morgan fingerprint density at radius 3 is 2.71 bits per heavy atom. The zero-order valence-corrected chi connectivity index (χ0v) is 18.8. The van der Waals surface area contributed by atoms with E-state index in [0.717, 1.165) is 30.3 Å². The van der Waals surface area contributed by atoms with Gasteiger partial charge in [-0.1, -0.05) is 54.6 Å². The second-order valence-electron chi connectivity index (χ2n) is 8.03. The van der Waals surface area contributed by atoms with E-state index in [-0.39, 0.29) is 5.75 Å². The normalized spacial score (nSPS) is 17.4. The molecule has 0 N–H and O–H groups in total. The van der Waals surface area contributed by atoms with Crippen LogP contribution in [0.15, 0.2) is 83.2 Å². The van der Waals surface area contributed by atoms with Crippen molar-refractivity contribution < 1.29 is 8.42 Å². The second-order valence-corrected chi connectivity index (χ2v) is 11.0. The third kappa shape index (κ3) is 4.28. The summed E-state index contributed by atoms with van der Waals surface area (Å²) in [4.78, 5) is 7.03. The topological polar surface area (TPSA) is 50.3 Å². The van der Waals surface area contributed by atoms with Crippen LogP contribution in [0.4, 0.5) is 0 Å². The number of hydrogen-bond donors (Lipinski definition) is 0. The van der Waals surface area contributed by atoms with Gasteiger partial charge in [0.2, 0.25) is 0 Å². The zero-order valence-electron chi connectivity index (χ0n) is 17.1. The Balaban J connectivity index is 1.46. The number of nitrogens with zero attached hydrogens (tertiary/aromatic N) is 2. The van der Waals surface area contributed by atoms with Crippen molar-refractivity contribution >= 4 is 31.9 Å². The molecule has 6 heteroatoms. The molecule has 1 unspecified atom stereocenters. The minimum atomic E-state index is -3.42. The van der Waals surface area contributed by atoms with Gasteiger partial charge in [0.1, 0.15) is 10.8 Å². The van der Waals surface area contributed by atoms with E-state index >= 15 is 0 Å².